The number of primary amides is 1. The molecule has 0 saturated carbocycles. The van der Waals surface area contributed by atoms with Gasteiger partial charge in [-0.3, -0.25) is 10.1 Å². The van der Waals surface area contributed by atoms with Gasteiger partial charge in [0.25, 0.3) is 0 Å². The highest BCUT2D eigenvalue weighted by atomic mass is 16.5. The lowest BCUT2D eigenvalue weighted by molar-refractivity contribution is -0.120. The third kappa shape index (κ3) is 3.04. The first-order valence-corrected chi connectivity index (χ1v) is 5.22. The molecule has 0 saturated heterocycles. The minimum Gasteiger partial charge on any atom is -0.383 e. The molecule has 16 heavy (non-hydrogen) atoms. The molecule has 90 valence electrons. The second-order valence-electron chi connectivity index (χ2n) is 3.39. The third-order valence-electron chi connectivity index (χ3n) is 2.32. The van der Waals surface area contributed by atoms with Gasteiger partial charge in [-0.15, -0.1) is 0 Å². The van der Waals surface area contributed by atoms with Crippen molar-refractivity contribution in [2.75, 3.05) is 20.3 Å². The zero-order chi connectivity index (χ0) is 12.0. The van der Waals surface area contributed by atoms with Crippen LogP contribution >= 0.6 is 0 Å². The second kappa shape index (κ2) is 6.24. The van der Waals surface area contributed by atoms with Gasteiger partial charge in [-0.25, -0.2) is 4.98 Å². The van der Waals surface area contributed by atoms with Crippen LogP contribution in [0.5, 0.6) is 0 Å². The SMILES string of the molecule is CCn1cncc1C(NCCOC)C(N)=O. The molecule has 6 heteroatoms. The lowest BCUT2D eigenvalue weighted by atomic mass is 10.2. The molecular formula is C10H18N4O2. The molecule has 0 aromatic carbocycles. The molecular weight excluding hydrogens is 208 g/mol. The van der Waals surface area contributed by atoms with Crippen molar-refractivity contribution >= 4 is 5.91 Å². The lowest BCUT2D eigenvalue weighted by Crippen LogP contribution is -2.36. The lowest BCUT2D eigenvalue weighted by Gasteiger charge is -2.16. The number of carbonyl (C=O) groups is 1. The first-order valence-electron chi connectivity index (χ1n) is 5.22. The van der Waals surface area contributed by atoms with Gasteiger partial charge < -0.3 is 15.0 Å². The number of nitrogens with one attached hydrogen (secondary N) is 1. The summed E-state index contributed by atoms with van der Waals surface area (Å²) in [4.78, 5) is 15.3. The number of nitrogens with two attached hydrogens (primary N) is 1. The van der Waals surface area contributed by atoms with Crippen molar-refractivity contribution < 1.29 is 9.53 Å². The van der Waals surface area contributed by atoms with Crippen molar-refractivity contribution in [2.45, 2.75) is 19.5 Å². The molecule has 6 nitrogen and oxygen atoms in total. The standard InChI is InChI=1S/C10H18N4O2/c1-3-14-7-12-6-8(14)9(10(11)15)13-4-5-16-2/h6-7,9,13H,3-5H2,1-2H3,(H2,11,15). The molecule has 0 spiro atoms. The predicted octanol–water partition coefficient (Wildman–Crippen LogP) is -0.335. The Morgan fingerprint density at radius 1 is 1.75 bits per heavy atom. The average Bonchev–Trinajstić information content (AvgIpc) is 2.71. The average molecular weight is 226 g/mol. The fraction of sp³-hybridized carbons (Fsp3) is 0.600. The zero-order valence-corrected chi connectivity index (χ0v) is 9.64. The summed E-state index contributed by atoms with van der Waals surface area (Å²) in [6.45, 7) is 3.84. The Labute approximate surface area is 94.8 Å². The number of amides is 1. The molecule has 1 aromatic heterocycles. The fourth-order valence-corrected chi connectivity index (χ4v) is 1.49. The molecule has 1 unspecified atom stereocenters. The van der Waals surface area contributed by atoms with Gasteiger partial charge in [0.1, 0.15) is 6.04 Å². The van der Waals surface area contributed by atoms with Gasteiger partial charge in [0.15, 0.2) is 0 Å². The van der Waals surface area contributed by atoms with Gasteiger partial charge in [-0.1, -0.05) is 0 Å². The number of rotatable bonds is 7. The summed E-state index contributed by atoms with van der Waals surface area (Å²) in [5, 5.41) is 3.04. The Morgan fingerprint density at radius 3 is 3.06 bits per heavy atom. The van der Waals surface area contributed by atoms with E-state index in [1.807, 2.05) is 11.5 Å². The molecule has 1 atom stereocenters. The Balaban J connectivity index is 2.73. The van der Waals surface area contributed by atoms with Crippen LogP contribution in [-0.2, 0) is 16.1 Å². The van der Waals surface area contributed by atoms with E-state index in [4.69, 9.17) is 10.5 Å². The molecule has 1 rings (SSSR count). The molecule has 0 aliphatic rings. The maximum absolute atomic E-state index is 11.3. The molecule has 3 N–H and O–H groups in total. The number of methoxy groups -OCH3 is 1. The van der Waals surface area contributed by atoms with E-state index in [1.54, 1.807) is 19.6 Å². The first-order chi connectivity index (χ1) is 7.70. The quantitative estimate of drug-likeness (QED) is 0.623. The second-order valence-corrected chi connectivity index (χ2v) is 3.39. The summed E-state index contributed by atoms with van der Waals surface area (Å²) in [7, 11) is 1.61. The van der Waals surface area contributed by atoms with Crippen LogP contribution in [0.4, 0.5) is 0 Å². The van der Waals surface area contributed by atoms with Crippen molar-refractivity contribution in [2.24, 2.45) is 5.73 Å². The Morgan fingerprint density at radius 2 is 2.50 bits per heavy atom. The molecule has 0 radical (unpaired) electrons. The van der Waals surface area contributed by atoms with E-state index in [-0.39, 0.29) is 0 Å². The van der Waals surface area contributed by atoms with E-state index in [0.29, 0.717) is 13.2 Å². The van der Waals surface area contributed by atoms with Crippen molar-refractivity contribution in [1.82, 2.24) is 14.9 Å². The summed E-state index contributed by atoms with van der Waals surface area (Å²) in [6.07, 6.45) is 3.34. The van der Waals surface area contributed by atoms with Crippen LogP contribution in [0.25, 0.3) is 0 Å². The topological polar surface area (TPSA) is 82.2 Å². The number of hydrogen-bond donors (Lipinski definition) is 2. The van der Waals surface area contributed by atoms with Gasteiger partial charge in [0.2, 0.25) is 5.91 Å². The summed E-state index contributed by atoms with van der Waals surface area (Å²) >= 11 is 0. The monoisotopic (exact) mass is 226 g/mol. The van der Waals surface area contributed by atoms with Gasteiger partial charge in [0, 0.05) is 20.2 Å². The number of nitrogens with zero attached hydrogens (tertiary/aromatic N) is 2. The highest BCUT2D eigenvalue weighted by Crippen LogP contribution is 2.11. The van der Waals surface area contributed by atoms with E-state index in [0.717, 1.165) is 12.2 Å². The van der Waals surface area contributed by atoms with Crippen LogP contribution < -0.4 is 11.1 Å². The van der Waals surface area contributed by atoms with Crippen molar-refractivity contribution in [3.63, 3.8) is 0 Å². The molecule has 1 amide bonds. The highest BCUT2D eigenvalue weighted by molar-refractivity contribution is 5.80. The van der Waals surface area contributed by atoms with Gasteiger partial charge in [-0.05, 0) is 6.92 Å². The number of aromatic nitrogens is 2. The largest absolute Gasteiger partial charge is 0.383 e. The fourth-order valence-electron chi connectivity index (χ4n) is 1.49. The van der Waals surface area contributed by atoms with Gasteiger partial charge in [-0.2, -0.15) is 0 Å². The van der Waals surface area contributed by atoms with E-state index in [9.17, 15) is 4.79 Å². The number of carbonyl (C=O) groups excluding carboxylic acids is 1. The van der Waals surface area contributed by atoms with Crippen molar-refractivity contribution in [3.8, 4) is 0 Å². The summed E-state index contributed by atoms with van der Waals surface area (Å²) < 4.78 is 6.79. The number of imidazole rings is 1. The maximum Gasteiger partial charge on any atom is 0.240 e. The molecule has 0 bridgehead atoms. The number of aryl methyl sites for hydroxylation is 1. The predicted molar refractivity (Wildman–Crippen MR) is 59.7 cm³/mol. The van der Waals surface area contributed by atoms with Crippen LogP contribution in [0, 0.1) is 0 Å². The minimum atomic E-state index is -0.516. The smallest absolute Gasteiger partial charge is 0.240 e. The van der Waals surface area contributed by atoms with Gasteiger partial charge in [0.05, 0.1) is 24.8 Å². The van der Waals surface area contributed by atoms with Crippen LogP contribution in [0.2, 0.25) is 0 Å². The van der Waals surface area contributed by atoms with Crippen LogP contribution in [0.3, 0.4) is 0 Å². The normalized spacial score (nSPS) is 12.6. The first kappa shape index (κ1) is 12.7. The molecule has 0 aliphatic heterocycles. The maximum atomic E-state index is 11.3. The van der Waals surface area contributed by atoms with E-state index >= 15 is 0 Å². The Kier molecular flexibility index (Phi) is 4.94. The summed E-state index contributed by atoms with van der Waals surface area (Å²) in [6, 6.07) is -0.516. The molecule has 1 heterocycles. The minimum absolute atomic E-state index is 0.411. The summed E-state index contributed by atoms with van der Waals surface area (Å²) in [5.74, 6) is -0.411. The highest BCUT2D eigenvalue weighted by Gasteiger charge is 2.20. The summed E-state index contributed by atoms with van der Waals surface area (Å²) in [5.41, 5.74) is 6.13. The van der Waals surface area contributed by atoms with Crippen LogP contribution in [0.15, 0.2) is 12.5 Å². The number of ether oxygens (including phenoxy) is 1. The Hall–Kier alpha value is -1.40. The molecule has 0 aliphatic carbocycles. The van der Waals surface area contributed by atoms with E-state index in [2.05, 4.69) is 10.3 Å². The van der Waals surface area contributed by atoms with E-state index < -0.39 is 11.9 Å². The molecule has 1 aromatic rings. The van der Waals surface area contributed by atoms with Crippen LogP contribution in [-0.4, -0.2) is 35.7 Å². The van der Waals surface area contributed by atoms with E-state index in [1.165, 1.54) is 0 Å². The van der Waals surface area contributed by atoms with Crippen LogP contribution in [0.1, 0.15) is 18.7 Å². The third-order valence-corrected chi connectivity index (χ3v) is 2.32. The van der Waals surface area contributed by atoms with Crippen molar-refractivity contribution in [1.29, 1.82) is 0 Å². The molecule has 0 fully saturated rings. The van der Waals surface area contributed by atoms with Crippen molar-refractivity contribution in [3.05, 3.63) is 18.2 Å². The zero-order valence-electron chi connectivity index (χ0n) is 9.64. The van der Waals surface area contributed by atoms with Gasteiger partial charge >= 0.3 is 0 Å². The number of hydrogen-bond acceptors (Lipinski definition) is 4. The Bertz CT molecular complexity index is 337.